The first-order chi connectivity index (χ1) is 19.5. The zero-order valence-corrected chi connectivity index (χ0v) is 24.3. The molecular formula is C27H28Cl2N4O8. The Balaban J connectivity index is 0.000000317. The molecule has 2 amide bonds. The lowest BCUT2D eigenvalue weighted by Gasteiger charge is -2.09. The summed E-state index contributed by atoms with van der Waals surface area (Å²) < 4.78 is 8.73. The van der Waals surface area contributed by atoms with Gasteiger partial charge in [-0.1, -0.05) is 40.5 Å². The number of aryl methyl sites for hydroxylation is 1. The van der Waals surface area contributed by atoms with Gasteiger partial charge >= 0.3 is 12.2 Å². The predicted molar refractivity (Wildman–Crippen MR) is 151 cm³/mol. The van der Waals surface area contributed by atoms with Gasteiger partial charge in [0.2, 0.25) is 0 Å². The summed E-state index contributed by atoms with van der Waals surface area (Å²) in [5, 5.41) is 4.68. The van der Waals surface area contributed by atoms with Crippen LogP contribution in [-0.4, -0.2) is 42.9 Å². The van der Waals surface area contributed by atoms with Crippen LogP contribution in [0.1, 0.15) is 41.2 Å². The van der Waals surface area contributed by atoms with Gasteiger partial charge in [0.1, 0.15) is 0 Å². The maximum absolute atomic E-state index is 11.1. The van der Waals surface area contributed by atoms with Gasteiger partial charge in [-0.25, -0.2) is 9.59 Å². The zero-order valence-electron chi connectivity index (χ0n) is 22.8. The zero-order chi connectivity index (χ0) is 30.4. The van der Waals surface area contributed by atoms with Gasteiger partial charge < -0.3 is 24.0 Å². The van der Waals surface area contributed by atoms with Gasteiger partial charge in [-0.05, 0) is 63.2 Å². The molecule has 0 spiro atoms. The molecule has 0 saturated heterocycles. The number of nitrogens with one attached hydrogen (secondary N) is 2. The topological polar surface area (TPSA) is 147 Å². The molecule has 14 heteroatoms. The van der Waals surface area contributed by atoms with E-state index in [0.29, 0.717) is 16.3 Å². The highest BCUT2D eigenvalue weighted by Gasteiger charge is 2.10. The number of oxime groups is 1. The SMILES string of the molecule is COC(=O)NOc1cc(/C(C)=N/OCc2cccc(C)n2)ccc1Cl.COC(=O)NOc1cc(C(C)=O)ccc1Cl. The summed E-state index contributed by atoms with van der Waals surface area (Å²) in [6.07, 6.45) is -1.50. The molecule has 0 aliphatic heterocycles. The normalized spacial score (nSPS) is 10.4. The Morgan fingerprint density at radius 3 is 1.88 bits per heavy atom. The van der Waals surface area contributed by atoms with Crippen molar-refractivity contribution >= 4 is 46.9 Å². The number of nitrogens with zero attached hydrogens (tertiary/aromatic N) is 2. The molecule has 0 radical (unpaired) electrons. The fraction of sp³-hybridized carbons (Fsp3) is 0.222. The summed E-state index contributed by atoms with van der Waals surface area (Å²) in [7, 11) is 2.43. The van der Waals surface area contributed by atoms with Crippen LogP contribution in [0.3, 0.4) is 0 Å². The number of ether oxygens (including phenoxy) is 2. The van der Waals surface area contributed by atoms with Crippen LogP contribution in [0, 0.1) is 6.92 Å². The average molecular weight is 607 g/mol. The van der Waals surface area contributed by atoms with Crippen molar-refractivity contribution in [3.63, 3.8) is 0 Å². The standard InChI is InChI=1S/C17H18ClN3O4.C10H10ClNO4/c1-11-5-4-6-14(19-11)10-24-20-12(2)13-7-8-15(18)16(9-13)25-21-17(22)23-3;1-6(13)7-3-4-8(11)9(5-7)16-12-10(14)15-2/h4-9H,10H2,1-3H3,(H,21,22);3-5H,1-2H3,(H,12,14)/b20-12+;. The number of pyridine rings is 1. The molecule has 0 saturated carbocycles. The molecule has 3 aromatic rings. The van der Waals surface area contributed by atoms with Gasteiger partial charge in [-0.15, -0.1) is 0 Å². The molecule has 3 rings (SSSR count). The Labute approximate surface area is 246 Å². The van der Waals surface area contributed by atoms with Gasteiger partial charge in [0.15, 0.2) is 23.9 Å². The molecule has 0 aliphatic carbocycles. The number of hydrogen-bond donors (Lipinski definition) is 2. The average Bonchev–Trinajstić information content (AvgIpc) is 2.96. The molecule has 0 atom stereocenters. The van der Waals surface area contributed by atoms with E-state index in [9.17, 15) is 14.4 Å². The fourth-order valence-corrected chi connectivity index (χ4v) is 3.12. The van der Waals surface area contributed by atoms with Gasteiger partial charge in [-0.3, -0.25) is 9.78 Å². The number of carbonyl (C=O) groups excluding carboxylic acids is 3. The van der Waals surface area contributed by atoms with Crippen molar-refractivity contribution in [1.29, 1.82) is 0 Å². The predicted octanol–water partition coefficient (Wildman–Crippen LogP) is 5.83. The minimum absolute atomic E-state index is 0.125. The number of rotatable bonds is 9. The minimum atomic E-state index is -0.760. The molecule has 0 unspecified atom stereocenters. The third-order valence-electron chi connectivity index (χ3n) is 4.91. The second kappa shape index (κ2) is 16.5. The summed E-state index contributed by atoms with van der Waals surface area (Å²) in [6.45, 7) is 5.38. The fourth-order valence-electron chi connectivity index (χ4n) is 2.81. The van der Waals surface area contributed by atoms with Crippen LogP contribution in [0.15, 0.2) is 59.8 Å². The Morgan fingerprint density at radius 2 is 1.37 bits per heavy atom. The summed E-state index contributed by atoms with van der Waals surface area (Å²) in [5.74, 6) is 0.318. The molecule has 12 nitrogen and oxygen atoms in total. The second-order valence-electron chi connectivity index (χ2n) is 7.96. The molecule has 1 heterocycles. The largest absolute Gasteiger partial charge is 0.451 e. The van der Waals surface area contributed by atoms with Crippen LogP contribution < -0.4 is 20.6 Å². The summed E-state index contributed by atoms with van der Waals surface area (Å²) >= 11 is 11.8. The van der Waals surface area contributed by atoms with Gasteiger partial charge in [0.25, 0.3) is 0 Å². The lowest BCUT2D eigenvalue weighted by molar-refractivity contribution is 0.101. The van der Waals surface area contributed by atoms with E-state index in [4.69, 9.17) is 37.7 Å². The Kier molecular flexibility index (Phi) is 13.2. The van der Waals surface area contributed by atoms with Crippen molar-refractivity contribution in [3.05, 3.63) is 87.2 Å². The molecule has 0 bridgehead atoms. The highest BCUT2D eigenvalue weighted by molar-refractivity contribution is 6.32. The van der Waals surface area contributed by atoms with Crippen molar-refractivity contribution < 1.29 is 38.4 Å². The number of aromatic nitrogens is 1. The second-order valence-corrected chi connectivity index (χ2v) is 8.77. The molecule has 2 aromatic carbocycles. The number of amides is 2. The number of hydroxylamine groups is 2. The Bertz CT molecular complexity index is 1400. The molecule has 1 aromatic heterocycles. The summed E-state index contributed by atoms with van der Waals surface area (Å²) in [5.41, 5.74) is 7.59. The van der Waals surface area contributed by atoms with Crippen molar-refractivity contribution in [1.82, 2.24) is 15.9 Å². The van der Waals surface area contributed by atoms with E-state index in [0.717, 1.165) is 17.0 Å². The molecule has 218 valence electrons. The molecule has 2 N–H and O–H groups in total. The maximum Gasteiger partial charge on any atom is 0.440 e. The van der Waals surface area contributed by atoms with E-state index >= 15 is 0 Å². The number of Topliss-reactive ketones (excluding diaryl/α,β-unsaturated/α-hetero) is 1. The molecule has 41 heavy (non-hydrogen) atoms. The van der Waals surface area contributed by atoms with E-state index in [2.05, 4.69) is 25.1 Å². The maximum atomic E-state index is 11.1. The minimum Gasteiger partial charge on any atom is -0.451 e. The van der Waals surface area contributed by atoms with E-state index in [-0.39, 0.29) is 28.9 Å². The molecular weight excluding hydrogens is 579 g/mol. The number of ketones is 1. The van der Waals surface area contributed by atoms with Crippen LogP contribution in [0.2, 0.25) is 10.0 Å². The van der Waals surface area contributed by atoms with Gasteiger partial charge in [0, 0.05) is 16.8 Å². The quantitative estimate of drug-likeness (QED) is 0.174. The van der Waals surface area contributed by atoms with Crippen LogP contribution in [0.4, 0.5) is 9.59 Å². The van der Waals surface area contributed by atoms with E-state index < -0.39 is 12.2 Å². The van der Waals surface area contributed by atoms with Crippen LogP contribution in [-0.2, 0) is 20.9 Å². The van der Waals surface area contributed by atoms with Gasteiger partial charge in [-0.2, -0.15) is 11.0 Å². The first kappa shape index (κ1) is 32.7. The van der Waals surface area contributed by atoms with Crippen molar-refractivity contribution in [3.8, 4) is 11.5 Å². The van der Waals surface area contributed by atoms with E-state index in [1.165, 1.54) is 33.3 Å². The molecule has 0 aliphatic rings. The highest BCUT2D eigenvalue weighted by atomic mass is 35.5. The number of halogens is 2. The lowest BCUT2D eigenvalue weighted by Crippen LogP contribution is -2.26. The number of carbonyl (C=O) groups is 3. The monoisotopic (exact) mass is 606 g/mol. The third-order valence-corrected chi connectivity index (χ3v) is 5.53. The van der Waals surface area contributed by atoms with Crippen molar-refractivity contribution in [2.75, 3.05) is 14.2 Å². The lowest BCUT2D eigenvalue weighted by atomic mass is 10.1. The van der Waals surface area contributed by atoms with Crippen molar-refractivity contribution in [2.24, 2.45) is 5.16 Å². The summed E-state index contributed by atoms with van der Waals surface area (Å²) in [6, 6.07) is 15.2. The first-order valence-corrected chi connectivity index (χ1v) is 12.5. The number of methoxy groups -OCH3 is 2. The first-order valence-electron chi connectivity index (χ1n) is 11.7. The summed E-state index contributed by atoms with van der Waals surface area (Å²) in [4.78, 5) is 52.6. The Morgan fingerprint density at radius 1 is 0.829 bits per heavy atom. The van der Waals surface area contributed by atoms with Gasteiger partial charge in [0.05, 0.1) is 35.7 Å². The van der Waals surface area contributed by atoms with E-state index in [1.54, 1.807) is 31.2 Å². The smallest absolute Gasteiger partial charge is 0.440 e. The van der Waals surface area contributed by atoms with Crippen LogP contribution in [0.25, 0.3) is 0 Å². The van der Waals surface area contributed by atoms with Crippen LogP contribution in [0.5, 0.6) is 11.5 Å². The molecule has 0 fully saturated rings. The third kappa shape index (κ3) is 11.2. The van der Waals surface area contributed by atoms with Crippen LogP contribution >= 0.6 is 23.2 Å². The Hall–Kier alpha value is -4.55. The number of hydrogen-bond acceptors (Lipinski definition) is 10. The van der Waals surface area contributed by atoms with Crippen molar-refractivity contribution in [2.45, 2.75) is 27.4 Å². The highest BCUT2D eigenvalue weighted by Crippen LogP contribution is 2.26. The van der Waals surface area contributed by atoms with E-state index in [1.807, 2.05) is 30.6 Å². The number of benzene rings is 2.